The molecule has 6 nitrogen and oxygen atoms in total. The summed E-state index contributed by atoms with van der Waals surface area (Å²) < 4.78 is 58.2. The molecule has 0 aliphatic carbocycles. The fourth-order valence-corrected chi connectivity index (χ4v) is 5.47. The fourth-order valence-electron chi connectivity index (χ4n) is 4.44. The zero-order valence-corrected chi connectivity index (χ0v) is 20.5. The smallest absolute Gasteiger partial charge is 0.333 e. The highest BCUT2D eigenvalue weighted by atomic mass is 32.1. The number of halogens is 4. The number of amides is 1. The molecular formula is C26H21F4N5OS. The van der Waals surface area contributed by atoms with Gasteiger partial charge >= 0.3 is 6.18 Å². The lowest BCUT2D eigenvalue weighted by atomic mass is 9.83. The largest absolute Gasteiger partial charge is 0.435 e. The second kappa shape index (κ2) is 10.6. The van der Waals surface area contributed by atoms with Crippen molar-refractivity contribution in [1.82, 2.24) is 14.7 Å². The molecule has 190 valence electrons. The molecule has 11 heteroatoms. The number of fused-ring (bicyclic) bond motifs is 1. The highest BCUT2D eigenvalue weighted by Crippen LogP contribution is 2.45. The molecule has 0 radical (unpaired) electrons. The van der Waals surface area contributed by atoms with Crippen molar-refractivity contribution in [2.24, 2.45) is 0 Å². The molecule has 2 aromatic heterocycles. The first kappa shape index (κ1) is 26.1. The van der Waals surface area contributed by atoms with Gasteiger partial charge in [0.25, 0.3) is 0 Å². The maximum atomic E-state index is 15.3. The number of carbonyl (C=O) groups excluding carboxylic acids is 1. The van der Waals surface area contributed by atoms with Gasteiger partial charge < -0.3 is 4.90 Å². The normalized spacial score (nSPS) is 15.4. The first-order valence-corrected chi connectivity index (χ1v) is 12.3. The van der Waals surface area contributed by atoms with E-state index < -0.39 is 23.6 Å². The van der Waals surface area contributed by atoms with Crippen molar-refractivity contribution < 1.29 is 22.4 Å². The topological polar surface area (TPSA) is 85.7 Å². The van der Waals surface area contributed by atoms with E-state index in [1.165, 1.54) is 34.6 Å². The van der Waals surface area contributed by atoms with Gasteiger partial charge in [-0.3, -0.25) is 9.48 Å². The fraction of sp³-hybridized carbons (Fsp3) is 0.308. The highest BCUT2D eigenvalue weighted by molar-refractivity contribution is 7.12. The van der Waals surface area contributed by atoms with E-state index in [2.05, 4.69) is 11.2 Å². The quantitative estimate of drug-likeness (QED) is 0.224. The average molecular weight is 528 g/mol. The van der Waals surface area contributed by atoms with Crippen LogP contribution in [-0.2, 0) is 24.1 Å². The van der Waals surface area contributed by atoms with Crippen LogP contribution >= 0.6 is 11.3 Å². The minimum absolute atomic E-state index is 0.0791. The number of unbranched alkanes of at least 4 members (excludes halogenated alkanes) is 1. The molecule has 0 bridgehead atoms. The maximum Gasteiger partial charge on any atom is 0.435 e. The summed E-state index contributed by atoms with van der Waals surface area (Å²) in [6.07, 6.45) is -0.0147. The Morgan fingerprint density at radius 3 is 2.76 bits per heavy atom. The van der Waals surface area contributed by atoms with Gasteiger partial charge in [-0.05, 0) is 42.7 Å². The lowest BCUT2D eigenvalue weighted by molar-refractivity contribution is -0.141. The molecule has 0 unspecified atom stereocenters. The number of benzene rings is 1. The number of thiophene rings is 1. The molecule has 1 amide bonds. The first-order chi connectivity index (χ1) is 17.7. The van der Waals surface area contributed by atoms with Gasteiger partial charge in [0.1, 0.15) is 16.8 Å². The van der Waals surface area contributed by atoms with Crippen LogP contribution in [0.2, 0.25) is 0 Å². The number of hydrogen-bond donors (Lipinski definition) is 0. The van der Waals surface area contributed by atoms with Crippen LogP contribution in [-0.4, -0.2) is 27.1 Å². The number of aromatic nitrogens is 2. The van der Waals surface area contributed by atoms with E-state index in [1.54, 1.807) is 25.1 Å². The van der Waals surface area contributed by atoms with E-state index in [0.717, 1.165) is 10.7 Å². The lowest BCUT2D eigenvalue weighted by Crippen LogP contribution is -2.37. The number of allylic oxidation sites excluding steroid dienone is 1. The van der Waals surface area contributed by atoms with Gasteiger partial charge in [-0.1, -0.05) is 18.2 Å². The zero-order chi connectivity index (χ0) is 26.7. The van der Waals surface area contributed by atoms with Crippen molar-refractivity contribution in [3.05, 3.63) is 75.0 Å². The van der Waals surface area contributed by atoms with Gasteiger partial charge in [0.15, 0.2) is 5.69 Å². The van der Waals surface area contributed by atoms with Gasteiger partial charge in [0.2, 0.25) is 5.91 Å². The first-order valence-electron chi connectivity index (χ1n) is 11.5. The maximum absolute atomic E-state index is 15.3. The summed E-state index contributed by atoms with van der Waals surface area (Å²) in [4.78, 5) is 15.6. The van der Waals surface area contributed by atoms with Crippen molar-refractivity contribution in [3.63, 3.8) is 0 Å². The second-order valence-electron chi connectivity index (χ2n) is 8.42. The molecule has 1 aliphatic rings. The van der Waals surface area contributed by atoms with E-state index in [9.17, 15) is 23.2 Å². The Morgan fingerprint density at radius 2 is 2.08 bits per heavy atom. The Hall–Kier alpha value is -3.96. The molecule has 3 aromatic rings. The Morgan fingerprint density at radius 1 is 1.30 bits per heavy atom. The molecule has 1 atom stereocenters. The van der Waals surface area contributed by atoms with Crippen LogP contribution in [0.1, 0.15) is 52.3 Å². The molecule has 3 heterocycles. The molecule has 0 fully saturated rings. The molecule has 37 heavy (non-hydrogen) atoms. The third kappa shape index (κ3) is 5.27. The van der Waals surface area contributed by atoms with Gasteiger partial charge in [0, 0.05) is 47.6 Å². The summed E-state index contributed by atoms with van der Waals surface area (Å²) in [5, 5.41) is 21.8. The molecule has 0 N–H and O–H groups in total. The van der Waals surface area contributed by atoms with Crippen LogP contribution in [0.5, 0.6) is 0 Å². The zero-order valence-electron chi connectivity index (χ0n) is 19.7. The van der Waals surface area contributed by atoms with Gasteiger partial charge in [-0.25, -0.2) is 4.39 Å². The number of nitriles is 2. The predicted octanol–water partition coefficient (Wildman–Crippen LogP) is 6.00. The SMILES string of the molecule is CCn1cc(-c2c(F)cccc2[C@@H]2CN(C(=O)/C=C/CCC#N)Cc3sc(C#N)cc32)c(C(F)(F)F)n1. The minimum Gasteiger partial charge on any atom is -0.333 e. The number of hydrogen-bond acceptors (Lipinski definition) is 5. The summed E-state index contributed by atoms with van der Waals surface area (Å²) in [6, 6.07) is 9.80. The third-order valence-electron chi connectivity index (χ3n) is 6.10. The number of nitrogens with zero attached hydrogens (tertiary/aromatic N) is 5. The van der Waals surface area contributed by atoms with Crippen molar-refractivity contribution >= 4 is 17.2 Å². The van der Waals surface area contributed by atoms with Crippen LogP contribution in [0.25, 0.3) is 11.1 Å². The molecule has 0 spiro atoms. The monoisotopic (exact) mass is 527 g/mol. The predicted molar refractivity (Wildman–Crippen MR) is 129 cm³/mol. The van der Waals surface area contributed by atoms with Crippen molar-refractivity contribution in [1.29, 1.82) is 10.5 Å². The van der Waals surface area contributed by atoms with Crippen molar-refractivity contribution in [3.8, 4) is 23.3 Å². The summed E-state index contributed by atoms with van der Waals surface area (Å²) in [7, 11) is 0. The molecule has 1 aromatic carbocycles. The van der Waals surface area contributed by atoms with E-state index in [0.29, 0.717) is 21.7 Å². The number of rotatable bonds is 6. The van der Waals surface area contributed by atoms with Crippen molar-refractivity contribution in [2.45, 2.75) is 44.9 Å². The second-order valence-corrected chi connectivity index (χ2v) is 9.56. The van der Waals surface area contributed by atoms with Crippen LogP contribution in [0, 0.1) is 28.5 Å². The highest BCUT2D eigenvalue weighted by Gasteiger charge is 2.40. The van der Waals surface area contributed by atoms with Crippen LogP contribution in [0.3, 0.4) is 0 Å². The summed E-state index contributed by atoms with van der Waals surface area (Å²) in [5.41, 5.74) is -0.834. The Kier molecular flexibility index (Phi) is 7.46. The third-order valence-corrected chi connectivity index (χ3v) is 7.14. The molecular weight excluding hydrogens is 506 g/mol. The van der Waals surface area contributed by atoms with Crippen molar-refractivity contribution in [2.75, 3.05) is 6.54 Å². The van der Waals surface area contributed by atoms with Crippen LogP contribution < -0.4 is 0 Å². The van der Waals surface area contributed by atoms with E-state index in [1.807, 2.05) is 6.07 Å². The van der Waals surface area contributed by atoms with Gasteiger partial charge in [-0.15, -0.1) is 11.3 Å². The standard InChI is InChI=1S/C26H21F4N5OS/c1-2-35-14-20(25(33-35)26(28,29)30)24-17(7-6-8-21(24)27)19-13-34(23(36)9-4-3-5-10-31)15-22-18(19)11-16(12-32)37-22/h4,6-9,11,14,19H,2-3,5,13,15H2,1H3/b9-4+/t19-/m0/s1. The average Bonchev–Trinajstić information content (AvgIpc) is 3.50. The van der Waals surface area contributed by atoms with Gasteiger partial charge in [-0.2, -0.15) is 28.8 Å². The number of alkyl halides is 3. The van der Waals surface area contributed by atoms with Gasteiger partial charge in [0.05, 0.1) is 12.6 Å². The Bertz CT molecular complexity index is 1440. The summed E-state index contributed by atoms with van der Waals surface area (Å²) >= 11 is 1.20. The Labute approximate surface area is 214 Å². The van der Waals surface area contributed by atoms with Crippen LogP contribution in [0.4, 0.5) is 17.6 Å². The lowest BCUT2D eigenvalue weighted by Gasteiger charge is -2.33. The summed E-state index contributed by atoms with van der Waals surface area (Å²) in [5.74, 6) is -1.85. The molecule has 4 rings (SSSR count). The number of carbonyl (C=O) groups is 1. The minimum atomic E-state index is -4.81. The van der Waals surface area contributed by atoms with E-state index in [4.69, 9.17) is 5.26 Å². The molecule has 0 saturated carbocycles. The molecule has 0 saturated heterocycles. The molecule has 1 aliphatic heterocycles. The van der Waals surface area contributed by atoms with E-state index >= 15 is 4.39 Å². The Balaban J connectivity index is 1.85. The van der Waals surface area contributed by atoms with E-state index in [-0.39, 0.29) is 48.7 Å². The van der Waals surface area contributed by atoms with Crippen LogP contribution in [0.15, 0.2) is 42.6 Å². The summed E-state index contributed by atoms with van der Waals surface area (Å²) in [6.45, 7) is 2.09. The number of aryl methyl sites for hydroxylation is 1.